The lowest BCUT2D eigenvalue weighted by atomic mass is 9.94. The molecule has 35 heavy (non-hydrogen) atoms. The van der Waals surface area contributed by atoms with Gasteiger partial charge in [-0.1, -0.05) is 54.1 Å². The molecule has 3 aromatic rings. The number of hydrogen-bond acceptors (Lipinski definition) is 2. The molecular weight excluding hydrogens is 504 g/mol. The molecule has 0 aliphatic carbocycles. The van der Waals surface area contributed by atoms with Crippen molar-refractivity contribution < 1.29 is 35.1 Å². The largest absolute Gasteiger partial charge is 0.459 e. The predicted octanol–water partition coefficient (Wildman–Crippen LogP) is 8.53. The Balaban J connectivity index is 1.78. The van der Waals surface area contributed by atoms with E-state index in [1.54, 1.807) is 6.07 Å². The van der Waals surface area contributed by atoms with Gasteiger partial charge in [-0.15, -0.1) is 0 Å². The van der Waals surface area contributed by atoms with Crippen molar-refractivity contribution in [2.24, 2.45) is 5.10 Å². The Morgan fingerprint density at radius 1 is 0.771 bits per heavy atom. The summed E-state index contributed by atoms with van der Waals surface area (Å²) >= 11 is 6.17. The van der Waals surface area contributed by atoms with E-state index in [0.29, 0.717) is 5.56 Å². The summed E-state index contributed by atoms with van der Waals surface area (Å²) in [7, 11) is 0. The van der Waals surface area contributed by atoms with Crippen molar-refractivity contribution in [2.45, 2.75) is 30.7 Å². The third-order valence-electron chi connectivity index (χ3n) is 5.52. The third-order valence-corrected chi connectivity index (χ3v) is 5.84. The highest BCUT2D eigenvalue weighted by molar-refractivity contribution is 6.33. The highest BCUT2D eigenvalue weighted by Crippen LogP contribution is 2.46. The summed E-state index contributed by atoms with van der Waals surface area (Å²) in [5.41, 5.74) is -1.36. The first-order valence-corrected chi connectivity index (χ1v) is 10.5. The van der Waals surface area contributed by atoms with E-state index in [4.69, 9.17) is 11.6 Å². The molecule has 1 atom stereocenters. The van der Waals surface area contributed by atoms with Crippen LogP contribution in [0.25, 0.3) is 11.1 Å². The fraction of sp³-hybridized carbons (Fsp3) is 0.208. The van der Waals surface area contributed by atoms with E-state index in [-0.39, 0.29) is 21.8 Å². The van der Waals surface area contributed by atoms with E-state index in [0.717, 1.165) is 17.1 Å². The maximum Gasteiger partial charge on any atom is 0.459 e. The van der Waals surface area contributed by atoms with Gasteiger partial charge in [0, 0.05) is 6.42 Å². The third kappa shape index (κ3) is 4.84. The minimum Gasteiger partial charge on any atom is -0.256 e. The van der Waals surface area contributed by atoms with E-state index in [1.165, 1.54) is 54.6 Å². The molecule has 11 heteroatoms. The summed E-state index contributed by atoms with van der Waals surface area (Å²) in [6.45, 7) is 0. The van der Waals surface area contributed by atoms with Crippen LogP contribution in [-0.4, -0.2) is 17.8 Å². The predicted molar refractivity (Wildman–Crippen MR) is 117 cm³/mol. The normalized spacial score (nSPS) is 17.0. The summed E-state index contributed by atoms with van der Waals surface area (Å²) in [6, 6.07) is 15.2. The molecule has 0 saturated heterocycles. The molecule has 0 amide bonds. The summed E-state index contributed by atoms with van der Waals surface area (Å²) < 4.78 is 107. The Kier molecular flexibility index (Phi) is 6.29. The molecule has 2 nitrogen and oxygen atoms in total. The first-order chi connectivity index (χ1) is 16.3. The van der Waals surface area contributed by atoms with Gasteiger partial charge >= 0.3 is 18.3 Å². The molecule has 0 N–H and O–H groups in total. The molecular formula is C24H15ClF8N2. The van der Waals surface area contributed by atoms with Gasteiger partial charge in [0.1, 0.15) is 5.71 Å². The molecule has 0 fully saturated rings. The Hall–Kier alpha value is -3.14. The Bertz CT molecular complexity index is 1270. The lowest BCUT2D eigenvalue weighted by Crippen LogP contribution is -2.43. The Morgan fingerprint density at radius 2 is 1.40 bits per heavy atom. The van der Waals surface area contributed by atoms with Crippen LogP contribution < -0.4 is 5.01 Å². The maximum atomic E-state index is 14.2. The van der Waals surface area contributed by atoms with Crippen LogP contribution in [0.4, 0.5) is 40.8 Å². The molecule has 184 valence electrons. The lowest BCUT2D eigenvalue weighted by Gasteiger charge is -2.25. The number of para-hydroxylation sites is 1. The number of hydrazone groups is 1. The SMILES string of the molecule is FC(F)(F)c1cccc(-c2cccc(C3CC(C(F)(F)C(F)(F)F)=NN3c3ccccc3Cl)c2)c1. The van der Waals surface area contributed by atoms with E-state index in [9.17, 15) is 35.1 Å². The van der Waals surface area contributed by atoms with Gasteiger partial charge in [-0.3, -0.25) is 5.01 Å². The van der Waals surface area contributed by atoms with Crippen LogP contribution in [-0.2, 0) is 6.18 Å². The number of alkyl halides is 8. The van der Waals surface area contributed by atoms with Crippen LogP contribution in [0.2, 0.25) is 5.02 Å². The second kappa shape index (κ2) is 8.82. The van der Waals surface area contributed by atoms with Gasteiger partial charge in [-0.2, -0.15) is 40.2 Å². The monoisotopic (exact) mass is 518 g/mol. The van der Waals surface area contributed by atoms with E-state index in [2.05, 4.69) is 5.10 Å². The number of anilines is 1. The first kappa shape index (κ1) is 25.0. The number of benzene rings is 3. The van der Waals surface area contributed by atoms with Gasteiger partial charge in [-0.25, -0.2) is 0 Å². The Labute approximate surface area is 199 Å². The van der Waals surface area contributed by atoms with Crippen molar-refractivity contribution in [3.8, 4) is 11.1 Å². The topological polar surface area (TPSA) is 15.6 Å². The second-order valence-corrected chi connectivity index (χ2v) is 8.25. The van der Waals surface area contributed by atoms with Gasteiger partial charge in [0.05, 0.1) is 22.3 Å². The molecule has 1 heterocycles. The van der Waals surface area contributed by atoms with Gasteiger partial charge in [0.2, 0.25) is 0 Å². The van der Waals surface area contributed by atoms with Crippen molar-refractivity contribution in [2.75, 3.05) is 5.01 Å². The number of nitrogens with zero attached hydrogens (tertiary/aromatic N) is 2. The van der Waals surface area contributed by atoms with E-state index < -0.39 is 42.0 Å². The maximum absolute atomic E-state index is 14.2. The summed E-state index contributed by atoms with van der Waals surface area (Å²) in [6.07, 6.45) is -11.2. The molecule has 4 rings (SSSR count). The van der Waals surface area contributed by atoms with Gasteiger partial charge in [-0.05, 0) is 47.0 Å². The average Bonchev–Trinajstić information content (AvgIpc) is 3.24. The summed E-state index contributed by atoms with van der Waals surface area (Å²) in [4.78, 5) is 0. The smallest absolute Gasteiger partial charge is 0.256 e. The van der Waals surface area contributed by atoms with Crippen LogP contribution in [0.3, 0.4) is 0 Å². The van der Waals surface area contributed by atoms with Gasteiger partial charge in [0.25, 0.3) is 0 Å². The average molecular weight is 519 g/mol. The van der Waals surface area contributed by atoms with Crippen molar-refractivity contribution in [1.29, 1.82) is 0 Å². The minimum atomic E-state index is -5.85. The fourth-order valence-corrected chi connectivity index (χ4v) is 4.01. The molecule has 0 radical (unpaired) electrons. The van der Waals surface area contributed by atoms with Crippen molar-refractivity contribution in [3.63, 3.8) is 0 Å². The van der Waals surface area contributed by atoms with Crippen LogP contribution in [0.1, 0.15) is 23.6 Å². The van der Waals surface area contributed by atoms with Crippen LogP contribution in [0.5, 0.6) is 0 Å². The lowest BCUT2D eigenvalue weighted by molar-refractivity contribution is -0.249. The number of halogens is 9. The van der Waals surface area contributed by atoms with Crippen LogP contribution in [0.15, 0.2) is 77.9 Å². The zero-order valence-corrected chi connectivity index (χ0v) is 18.3. The molecule has 0 aromatic heterocycles. The second-order valence-electron chi connectivity index (χ2n) is 7.84. The number of hydrogen-bond donors (Lipinski definition) is 0. The van der Waals surface area contributed by atoms with Gasteiger partial charge in [0.15, 0.2) is 0 Å². The quantitative estimate of drug-likeness (QED) is 0.316. The highest BCUT2D eigenvalue weighted by Gasteiger charge is 2.62. The van der Waals surface area contributed by atoms with E-state index in [1.807, 2.05) is 0 Å². The molecule has 1 aliphatic rings. The standard InChI is InChI=1S/C24H15ClF8N2/c25-18-9-1-2-10-19(18)35-20(13-21(34-35)22(26,27)24(31,32)33)16-7-3-5-14(11-16)15-6-4-8-17(12-15)23(28,29)30/h1-12,20H,13H2. The fourth-order valence-electron chi connectivity index (χ4n) is 3.78. The highest BCUT2D eigenvalue weighted by atomic mass is 35.5. The van der Waals surface area contributed by atoms with Crippen molar-refractivity contribution >= 4 is 23.0 Å². The van der Waals surface area contributed by atoms with Crippen molar-refractivity contribution in [3.05, 3.63) is 88.9 Å². The van der Waals surface area contributed by atoms with E-state index >= 15 is 0 Å². The molecule has 0 bridgehead atoms. The molecule has 0 spiro atoms. The zero-order chi connectivity index (χ0) is 25.6. The minimum absolute atomic E-state index is 0.0758. The summed E-state index contributed by atoms with van der Waals surface area (Å²) in [5.74, 6) is -5.18. The van der Waals surface area contributed by atoms with Crippen LogP contribution in [0, 0.1) is 0 Å². The molecule has 1 aliphatic heterocycles. The first-order valence-electron chi connectivity index (χ1n) is 10.1. The molecule has 1 unspecified atom stereocenters. The number of rotatable bonds is 4. The van der Waals surface area contributed by atoms with Crippen LogP contribution >= 0.6 is 11.6 Å². The molecule has 0 saturated carbocycles. The Morgan fingerprint density at radius 3 is 2.03 bits per heavy atom. The summed E-state index contributed by atoms with van der Waals surface area (Å²) in [5, 5.41) is 4.68. The van der Waals surface area contributed by atoms with Gasteiger partial charge < -0.3 is 0 Å². The van der Waals surface area contributed by atoms with Crippen molar-refractivity contribution in [1.82, 2.24) is 0 Å². The zero-order valence-electron chi connectivity index (χ0n) is 17.5. The molecule has 3 aromatic carbocycles.